The molecule has 3 aromatic carbocycles. The van der Waals surface area contributed by atoms with Crippen molar-refractivity contribution in [2.45, 2.75) is 6.92 Å². The molecule has 3 N–H and O–H groups in total. The Labute approximate surface area is 162 Å². The van der Waals surface area contributed by atoms with Crippen LogP contribution in [0.5, 0.6) is 5.75 Å². The molecule has 3 aromatic rings. The third-order valence-corrected chi connectivity index (χ3v) is 3.99. The highest BCUT2D eigenvalue weighted by molar-refractivity contribution is 6.04. The third-order valence-electron chi connectivity index (χ3n) is 3.99. The molecule has 0 aliphatic carbocycles. The number of hydrogen-bond donors (Lipinski definition) is 3. The zero-order valence-corrected chi connectivity index (χ0v) is 15.2. The van der Waals surface area contributed by atoms with E-state index < -0.39 is 5.91 Å². The van der Waals surface area contributed by atoms with Crippen molar-refractivity contribution < 1.29 is 14.7 Å². The van der Waals surface area contributed by atoms with E-state index >= 15 is 0 Å². The Morgan fingerprint density at radius 3 is 2.36 bits per heavy atom. The fraction of sp³-hybridized carbons (Fsp3) is 0.0455. The number of rotatable bonds is 5. The first-order chi connectivity index (χ1) is 13.5. The first-order valence-corrected chi connectivity index (χ1v) is 8.62. The Morgan fingerprint density at radius 2 is 1.64 bits per heavy atom. The summed E-state index contributed by atoms with van der Waals surface area (Å²) in [5.41, 5.74) is 5.45. The van der Waals surface area contributed by atoms with Crippen molar-refractivity contribution in [3.63, 3.8) is 0 Å². The molecule has 0 atom stereocenters. The lowest BCUT2D eigenvalue weighted by atomic mass is 10.1. The number of hydrazone groups is 1. The molecule has 140 valence electrons. The van der Waals surface area contributed by atoms with Crippen molar-refractivity contribution in [2.24, 2.45) is 5.10 Å². The molecule has 0 saturated carbocycles. The van der Waals surface area contributed by atoms with E-state index in [9.17, 15) is 14.7 Å². The normalized spacial score (nSPS) is 10.6. The van der Waals surface area contributed by atoms with Gasteiger partial charge in [-0.3, -0.25) is 9.59 Å². The summed E-state index contributed by atoms with van der Waals surface area (Å²) in [5.74, 6) is -0.536. The SMILES string of the molecule is Cc1cccc(C(=O)Nc2ccc(C(=O)N/N=C/c3ccccc3O)cc2)c1. The van der Waals surface area contributed by atoms with Crippen LogP contribution < -0.4 is 10.7 Å². The number of phenolic OH excluding ortho intramolecular Hbond substituents is 1. The van der Waals surface area contributed by atoms with Gasteiger partial charge in [-0.1, -0.05) is 29.8 Å². The largest absolute Gasteiger partial charge is 0.507 e. The number of nitrogens with zero attached hydrogens (tertiary/aromatic N) is 1. The van der Waals surface area contributed by atoms with Gasteiger partial charge in [0.15, 0.2) is 0 Å². The highest BCUT2D eigenvalue weighted by Crippen LogP contribution is 2.14. The van der Waals surface area contributed by atoms with Crippen LogP contribution in [-0.4, -0.2) is 23.1 Å². The van der Waals surface area contributed by atoms with Crippen LogP contribution in [-0.2, 0) is 0 Å². The molecular weight excluding hydrogens is 354 g/mol. The average Bonchev–Trinajstić information content (AvgIpc) is 2.70. The predicted octanol–water partition coefficient (Wildman–Crippen LogP) is 3.72. The van der Waals surface area contributed by atoms with E-state index in [0.717, 1.165) is 5.56 Å². The van der Waals surface area contributed by atoms with Gasteiger partial charge in [-0.15, -0.1) is 0 Å². The van der Waals surface area contributed by atoms with Crippen LogP contribution in [0.25, 0.3) is 0 Å². The summed E-state index contributed by atoms with van der Waals surface area (Å²) in [6, 6.07) is 20.4. The standard InChI is InChI=1S/C22H19N3O3/c1-15-5-4-7-17(13-15)21(27)24-19-11-9-16(10-12-19)22(28)25-23-14-18-6-2-3-8-20(18)26/h2-14,26H,1H3,(H,24,27)(H,25,28)/b23-14+. The van der Waals surface area contributed by atoms with Gasteiger partial charge in [0.05, 0.1) is 6.21 Å². The van der Waals surface area contributed by atoms with E-state index in [1.807, 2.05) is 19.1 Å². The van der Waals surface area contributed by atoms with Crippen molar-refractivity contribution in [3.8, 4) is 5.75 Å². The second kappa shape index (κ2) is 8.64. The Hall–Kier alpha value is -3.93. The predicted molar refractivity (Wildman–Crippen MR) is 109 cm³/mol. The molecular formula is C22H19N3O3. The monoisotopic (exact) mass is 373 g/mol. The Morgan fingerprint density at radius 1 is 0.893 bits per heavy atom. The first kappa shape index (κ1) is 18.8. The maximum Gasteiger partial charge on any atom is 0.271 e. The van der Waals surface area contributed by atoms with E-state index in [1.54, 1.807) is 54.6 Å². The molecule has 0 fully saturated rings. The fourth-order valence-corrected chi connectivity index (χ4v) is 2.52. The van der Waals surface area contributed by atoms with Crippen LogP contribution in [0.3, 0.4) is 0 Å². The van der Waals surface area contributed by atoms with Crippen molar-refractivity contribution in [1.82, 2.24) is 5.43 Å². The summed E-state index contributed by atoms with van der Waals surface area (Å²) in [5, 5.41) is 16.3. The van der Waals surface area contributed by atoms with Gasteiger partial charge in [0.25, 0.3) is 11.8 Å². The highest BCUT2D eigenvalue weighted by Gasteiger charge is 2.08. The van der Waals surface area contributed by atoms with Gasteiger partial charge in [0.1, 0.15) is 5.75 Å². The molecule has 0 radical (unpaired) electrons. The van der Waals surface area contributed by atoms with Gasteiger partial charge in [-0.25, -0.2) is 5.43 Å². The minimum absolute atomic E-state index is 0.0780. The molecule has 0 aliphatic heterocycles. The number of carbonyl (C=O) groups excluding carboxylic acids is 2. The second-order valence-corrected chi connectivity index (χ2v) is 6.16. The molecule has 2 amide bonds. The number of benzene rings is 3. The number of hydrogen-bond acceptors (Lipinski definition) is 4. The third kappa shape index (κ3) is 4.82. The van der Waals surface area contributed by atoms with Gasteiger partial charge >= 0.3 is 0 Å². The molecule has 3 rings (SSSR count). The highest BCUT2D eigenvalue weighted by atomic mass is 16.3. The van der Waals surface area contributed by atoms with Crippen LogP contribution in [0.15, 0.2) is 77.9 Å². The second-order valence-electron chi connectivity index (χ2n) is 6.16. The van der Waals surface area contributed by atoms with Crippen LogP contribution in [0, 0.1) is 6.92 Å². The lowest BCUT2D eigenvalue weighted by Crippen LogP contribution is -2.18. The number of aromatic hydroxyl groups is 1. The molecule has 0 saturated heterocycles. The number of para-hydroxylation sites is 1. The van der Waals surface area contributed by atoms with E-state index in [2.05, 4.69) is 15.8 Å². The van der Waals surface area contributed by atoms with E-state index in [4.69, 9.17) is 0 Å². The molecule has 6 heteroatoms. The van der Waals surface area contributed by atoms with Gasteiger partial charge in [0, 0.05) is 22.4 Å². The number of anilines is 1. The molecule has 0 unspecified atom stereocenters. The van der Waals surface area contributed by atoms with Crippen LogP contribution in [0.4, 0.5) is 5.69 Å². The summed E-state index contributed by atoms with van der Waals surface area (Å²) in [6.07, 6.45) is 1.36. The van der Waals surface area contributed by atoms with Crippen LogP contribution >= 0.6 is 0 Å². The molecule has 0 heterocycles. The first-order valence-electron chi connectivity index (χ1n) is 8.62. The Balaban J connectivity index is 1.60. The molecule has 0 aliphatic rings. The number of amides is 2. The van der Waals surface area contributed by atoms with Crippen molar-refractivity contribution in [2.75, 3.05) is 5.32 Å². The minimum atomic E-state index is -0.400. The van der Waals surface area contributed by atoms with Gasteiger partial charge in [-0.2, -0.15) is 5.10 Å². The zero-order chi connectivity index (χ0) is 19.9. The lowest BCUT2D eigenvalue weighted by molar-refractivity contribution is 0.0954. The Bertz CT molecular complexity index is 1030. The van der Waals surface area contributed by atoms with Crippen molar-refractivity contribution in [1.29, 1.82) is 0 Å². The fourth-order valence-electron chi connectivity index (χ4n) is 2.52. The van der Waals surface area contributed by atoms with Crippen molar-refractivity contribution in [3.05, 3.63) is 95.1 Å². The number of nitrogens with one attached hydrogen (secondary N) is 2. The van der Waals surface area contributed by atoms with Gasteiger partial charge in [0.2, 0.25) is 0 Å². The molecule has 28 heavy (non-hydrogen) atoms. The zero-order valence-electron chi connectivity index (χ0n) is 15.2. The van der Waals surface area contributed by atoms with Crippen LogP contribution in [0.2, 0.25) is 0 Å². The summed E-state index contributed by atoms with van der Waals surface area (Å²) in [7, 11) is 0. The number of carbonyl (C=O) groups is 2. The molecule has 0 spiro atoms. The summed E-state index contributed by atoms with van der Waals surface area (Å²) in [4.78, 5) is 24.4. The minimum Gasteiger partial charge on any atom is -0.507 e. The summed E-state index contributed by atoms with van der Waals surface area (Å²) in [6.45, 7) is 1.92. The van der Waals surface area contributed by atoms with Gasteiger partial charge in [-0.05, 0) is 55.5 Å². The maximum atomic E-state index is 12.3. The van der Waals surface area contributed by atoms with Crippen LogP contribution in [0.1, 0.15) is 31.8 Å². The van der Waals surface area contributed by atoms with Gasteiger partial charge < -0.3 is 10.4 Å². The average molecular weight is 373 g/mol. The summed E-state index contributed by atoms with van der Waals surface area (Å²) >= 11 is 0. The van der Waals surface area contributed by atoms with Crippen molar-refractivity contribution >= 4 is 23.7 Å². The number of aryl methyl sites for hydroxylation is 1. The summed E-state index contributed by atoms with van der Waals surface area (Å²) < 4.78 is 0. The quantitative estimate of drug-likeness (QED) is 0.470. The molecule has 0 bridgehead atoms. The number of phenols is 1. The molecule has 0 aromatic heterocycles. The smallest absolute Gasteiger partial charge is 0.271 e. The van der Waals surface area contributed by atoms with E-state index in [0.29, 0.717) is 22.4 Å². The van der Waals surface area contributed by atoms with E-state index in [1.165, 1.54) is 12.3 Å². The van der Waals surface area contributed by atoms with E-state index in [-0.39, 0.29) is 11.7 Å². The Kier molecular flexibility index (Phi) is 5.81. The molecule has 6 nitrogen and oxygen atoms in total. The topological polar surface area (TPSA) is 90.8 Å². The lowest BCUT2D eigenvalue weighted by Gasteiger charge is -2.07. The maximum absolute atomic E-state index is 12.3.